The van der Waals surface area contributed by atoms with Gasteiger partial charge in [0.25, 0.3) is 0 Å². The molecule has 0 radical (unpaired) electrons. The number of rotatable bonds is 4. The molecule has 0 spiro atoms. The first-order chi connectivity index (χ1) is 9.50. The summed E-state index contributed by atoms with van der Waals surface area (Å²) < 4.78 is 0. The predicted octanol–water partition coefficient (Wildman–Crippen LogP) is 1.38. The average molecular weight is 282 g/mol. The minimum absolute atomic E-state index is 0.239. The summed E-state index contributed by atoms with van der Waals surface area (Å²) in [4.78, 5) is 16.9. The van der Waals surface area contributed by atoms with Crippen LogP contribution in [0.2, 0.25) is 0 Å². The summed E-state index contributed by atoms with van der Waals surface area (Å²) in [5.74, 6) is 0.712. The van der Waals surface area contributed by atoms with Crippen molar-refractivity contribution in [2.75, 3.05) is 45.9 Å². The third-order valence-corrected chi connectivity index (χ3v) is 4.88. The van der Waals surface area contributed by atoms with Crippen molar-refractivity contribution >= 4 is 5.78 Å². The van der Waals surface area contributed by atoms with Crippen LogP contribution in [0.5, 0.6) is 0 Å². The maximum atomic E-state index is 12.1. The Labute approximate surface area is 123 Å². The molecule has 1 atom stereocenters. The fourth-order valence-electron chi connectivity index (χ4n) is 3.60. The summed E-state index contributed by atoms with van der Waals surface area (Å²) >= 11 is 0. The van der Waals surface area contributed by atoms with Crippen LogP contribution >= 0.6 is 0 Å². The number of Topliss-reactive ketones (excluding diaryl/α,β-unsaturated/α-hetero) is 1. The Morgan fingerprint density at radius 3 is 2.65 bits per heavy atom. The Bertz CT molecular complexity index is 330. The standard InChI is InChI=1S/C16H30N2O2/c1-16(2)5-4-15(20)14(12-16)13-18-7-3-6-17(8-9-18)10-11-19/h14,19H,3-13H2,1-2H3. The van der Waals surface area contributed by atoms with Crippen molar-refractivity contribution in [3.05, 3.63) is 0 Å². The molecule has 1 aliphatic carbocycles. The maximum Gasteiger partial charge on any atom is 0.137 e. The molecule has 1 saturated carbocycles. The summed E-state index contributed by atoms with van der Waals surface area (Å²) in [7, 11) is 0. The minimum Gasteiger partial charge on any atom is -0.395 e. The normalized spacial score (nSPS) is 29.4. The molecule has 0 bridgehead atoms. The second-order valence-corrected chi connectivity index (χ2v) is 7.25. The third kappa shape index (κ3) is 4.54. The van der Waals surface area contributed by atoms with E-state index in [2.05, 4.69) is 23.6 Å². The number of aliphatic hydroxyl groups is 1. The second-order valence-electron chi connectivity index (χ2n) is 7.25. The van der Waals surface area contributed by atoms with Gasteiger partial charge in [-0.05, 0) is 37.8 Å². The molecule has 2 fully saturated rings. The summed E-state index contributed by atoms with van der Waals surface area (Å²) in [5.41, 5.74) is 0.327. The molecular weight excluding hydrogens is 252 g/mol. The van der Waals surface area contributed by atoms with Gasteiger partial charge in [-0.2, -0.15) is 0 Å². The Kier molecular flexibility index (Phi) is 5.58. The van der Waals surface area contributed by atoms with Crippen LogP contribution in [0.3, 0.4) is 0 Å². The van der Waals surface area contributed by atoms with Gasteiger partial charge >= 0.3 is 0 Å². The molecule has 0 aromatic rings. The van der Waals surface area contributed by atoms with Gasteiger partial charge in [-0.1, -0.05) is 13.8 Å². The van der Waals surface area contributed by atoms with Gasteiger partial charge in [0.1, 0.15) is 5.78 Å². The fraction of sp³-hybridized carbons (Fsp3) is 0.938. The van der Waals surface area contributed by atoms with E-state index in [1.165, 1.54) is 0 Å². The predicted molar refractivity (Wildman–Crippen MR) is 80.7 cm³/mol. The van der Waals surface area contributed by atoms with Gasteiger partial charge in [-0.15, -0.1) is 0 Å². The molecule has 0 aromatic carbocycles. The highest BCUT2D eigenvalue weighted by Crippen LogP contribution is 2.37. The van der Waals surface area contributed by atoms with Crippen LogP contribution in [0.1, 0.15) is 39.5 Å². The zero-order valence-electron chi connectivity index (χ0n) is 13.1. The first-order valence-corrected chi connectivity index (χ1v) is 8.08. The molecule has 116 valence electrons. The molecule has 4 heteroatoms. The lowest BCUT2D eigenvalue weighted by Gasteiger charge is -2.36. The molecular formula is C16H30N2O2. The second kappa shape index (κ2) is 7.01. The SMILES string of the molecule is CC1(C)CCC(=O)C(CN2CCCN(CCO)CC2)C1. The van der Waals surface area contributed by atoms with Crippen LogP contribution in [0.15, 0.2) is 0 Å². The summed E-state index contributed by atoms with van der Waals surface area (Å²) in [6.45, 7) is 10.8. The zero-order chi connectivity index (χ0) is 14.6. The molecule has 0 aromatic heterocycles. The van der Waals surface area contributed by atoms with Crippen LogP contribution in [0.25, 0.3) is 0 Å². The van der Waals surface area contributed by atoms with E-state index in [1.807, 2.05) is 0 Å². The molecule has 1 aliphatic heterocycles. The zero-order valence-corrected chi connectivity index (χ0v) is 13.1. The van der Waals surface area contributed by atoms with E-state index in [0.717, 1.165) is 65.0 Å². The molecule has 1 unspecified atom stereocenters. The van der Waals surface area contributed by atoms with Crippen LogP contribution in [-0.4, -0.2) is 66.6 Å². The van der Waals surface area contributed by atoms with Crippen molar-refractivity contribution in [2.24, 2.45) is 11.3 Å². The largest absolute Gasteiger partial charge is 0.395 e. The maximum absolute atomic E-state index is 12.1. The van der Waals surface area contributed by atoms with Gasteiger partial charge in [0.2, 0.25) is 0 Å². The van der Waals surface area contributed by atoms with Gasteiger partial charge < -0.3 is 10.0 Å². The van der Waals surface area contributed by atoms with Gasteiger partial charge in [-0.25, -0.2) is 0 Å². The highest BCUT2D eigenvalue weighted by Gasteiger charge is 2.34. The summed E-state index contributed by atoms with van der Waals surface area (Å²) in [5, 5.41) is 9.03. The molecule has 1 N–H and O–H groups in total. The molecule has 2 aliphatic rings. The number of hydrogen-bond acceptors (Lipinski definition) is 4. The van der Waals surface area contributed by atoms with Gasteiger partial charge in [-0.3, -0.25) is 9.69 Å². The van der Waals surface area contributed by atoms with Gasteiger partial charge in [0.05, 0.1) is 6.61 Å². The smallest absolute Gasteiger partial charge is 0.137 e. The van der Waals surface area contributed by atoms with Gasteiger partial charge in [0.15, 0.2) is 0 Å². The van der Waals surface area contributed by atoms with E-state index in [0.29, 0.717) is 11.2 Å². The lowest BCUT2D eigenvalue weighted by molar-refractivity contribution is -0.127. The highest BCUT2D eigenvalue weighted by atomic mass is 16.3. The lowest BCUT2D eigenvalue weighted by atomic mass is 9.71. The molecule has 4 nitrogen and oxygen atoms in total. The van der Waals surface area contributed by atoms with Crippen molar-refractivity contribution in [2.45, 2.75) is 39.5 Å². The highest BCUT2D eigenvalue weighted by molar-refractivity contribution is 5.82. The number of hydrogen-bond donors (Lipinski definition) is 1. The van der Waals surface area contributed by atoms with Crippen LogP contribution in [-0.2, 0) is 4.79 Å². The molecule has 0 amide bonds. The van der Waals surface area contributed by atoms with E-state index >= 15 is 0 Å². The first kappa shape index (κ1) is 15.9. The van der Waals surface area contributed by atoms with Crippen LogP contribution in [0.4, 0.5) is 0 Å². The van der Waals surface area contributed by atoms with Crippen molar-refractivity contribution in [1.82, 2.24) is 9.80 Å². The Balaban J connectivity index is 1.84. The summed E-state index contributed by atoms with van der Waals surface area (Å²) in [6, 6.07) is 0. The lowest BCUT2D eigenvalue weighted by Crippen LogP contribution is -2.40. The number of carbonyl (C=O) groups is 1. The van der Waals surface area contributed by atoms with Crippen molar-refractivity contribution < 1.29 is 9.90 Å². The van der Waals surface area contributed by atoms with E-state index < -0.39 is 0 Å². The Hall–Kier alpha value is -0.450. The number of β-amino-alcohol motifs (C(OH)–C–C–N with tert-alkyl or cyclic N) is 1. The first-order valence-electron chi connectivity index (χ1n) is 8.08. The van der Waals surface area contributed by atoms with E-state index in [1.54, 1.807) is 0 Å². The number of nitrogens with zero attached hydrogens (tertiary/aromatic N) is 2. The Morgan fingerprint density at radius 1 is 1.20 bits per heavy atom. The molecule has 1 saturated heterocycles. The minimum atomic E-state index is 0.239. The fourth-order valence-corrected chi connectivity index (χ4v) is 3.60. The monoisotopic (exact) mass is 282 g/mol. The number of carbonyl (C=O) groups excluding carboxylic acids is 1. The Morgan fingerprint density at radius 2 is 1.90 bits per heavy atom. The van der Waals surface area contributed by atoms with Crippen LogP contribution in [0, 0.1) is 11.3 Å². The van der Waals surface area contributed by atoms with Crippen LogP contribution < -0.4 is 0 Å². The van der Waals surface area contributed by atoms with Crippen molar-refractivity contribution in [3.8, 4) is 0 Å². The van der Waals surface area contributed by atoms with E-state index in [9.17, 15) is 4.79 Å². The van der Waals surface area contributed by atoms with Crippen molar-refractivity contribution in [3.63, 3.8) is 0 Å². The molecule has 2 rings (SSSR count). The number of aliphatic hydroxyl groups excluding tert-OH is 1. The third-order valence-electron chi connectivity index (χ3n) is 4.88. The van der Waals surface area contributed by atoms with E-state index in [-0.39, 0.29) is 12.5 Å². The van der Waals surface area contributed by atoms with Crippen molar-refractivity contribution in [1.29, 1.82) is 0 Å². The number of ketones is 1. The van der Waals surface area contributed by atoms with E-state index in [4.69, 9.17) is 5.11 Å². The quantitative estimate of drug-likeness (QED) is 0.846. The van der Waals surface area contributed by atoms with Gasteiger partial charge in [0, 0.05) is 38.5 Å². The molecule has 20 heavy (non-hydrogen) atoms. The summed E-state index contributed by atoms with van der Waals surface area (Å²) in [6.07, 6.45) is 4.00. The topological polar surface area (TPSA) is 43.8 Å². The molecule has 1 heterocycles. The average Bonchev–Trinajstić information content (AvgIpc) is 2.60.